The summed E-state index contributed by atoms with van der Waals surface area (Å²) in [6, 6.07) is 0. The van der Waals surface area contributed by atoms with Crippen molar-refractivity contribution in [1.29, 1.82) is 0 Å². The van der Waals surface area contributed by atoms with Crippen molar-refractivity contribution in [2.24, 2.45) is 0 Å². The maximum atomic E-state index is 10.0. The van der Waals surface area contributed by atoms with E-state index >= 15 is 0 Å². The molecule has 5 heteroatoms. The minimum atomic E-state index is -0.983. The van der Waals surface area contributed by atoms with E-state index in [-0.39, 0.29) is 17.8 Å². The summed E-state index contributed by atoms with van der Waals surface area (Å²) >= 11 is 0. The highest BCUT2D eigenvalue weighted by molar-refractivity contribution is 5.85. The van der Waals surface area contributed by atoms with Crippen LogP contribution in [0.1, 0.15) is 26.2 Å². The summed E-state index contributed by atoms with van der Waals surface area (Å²) in [4.78, 5) is 19.9. The fourth-order valence-corrected chi connectivity index (χ4v) is 0.551. The molecule has 0 unspecified atom stereocenters. The molecule has 0 aromatic carbocycles. The van der Waals surface area contributed by atoms with Crippen molar-refractivity contribution in [1.82, 2.24) is 0 Å². The van der Waals surface area contributed by atoms with Gasteiger partial charge in [-0.2, -0.15) is 0 Å². The van der Waals surface area contributed by atoms with Gasteiger partial charge in [-0.1, -0.05) is 20.1 Å². The Hall–Kier alpha value is -1.62. The number of rotatable bonds is 6. The molecular weight excluding hydrogens is 212 g/mol. The van der Waals surface area contributed by atoms with E-state index in [4.69, 9.17) is 15.3 Å². The fourth-order valence-electron chi connectivity index (χ4n) is 0.551. The topological polar surface area (TPSA) is 94.8 Å². The molecule has 0 atom stereocenters. The van der Waals surface area contributed by atoms with Gasteiger partial charge in [0.15, 0.2) is 0 Å². The molecule has 0 saturated carbocycles. The monoisotopic (exact) mass is 230 g/mol. The van der Waals surface area contributed by atoms with Crippen LogP contribution in [0.2, 0.25) is 0 Å². The summed E-state index contributed by atoms with van der Waals surface area (Å²) in [5.41, 5.74) is 0.420. The Kier molecular flexibility index (Phi) is 10.4. The summed E-state index contributed by atoms with van der Waals surface area (Å²) in [5, 5.41) is 24.6. The van der Waals surface area contributed by atoms with E-state index in [1.807, 2.05) is 0 Å². The third kappa shape index (κ3) is 10.5. The van der Waals surface area contributed by atoms with Crippen molar-refractivity contribution in [2.75, 3.05) is 6.61 Å². The first-order valence-electron chi connectivity index (χ1n) is 4.79. The van der Waals surface area contributed by atoms with Gasteiger partial charge in [0.1, 0.15) is 0 Å². The largest absolute Gasteiger partial charge is 0.478 e. The smallest absolute Gasteiger partial charge is 0.330 e. The zero-order valence-corrected chi connectivity index (χ0v) is 9.40. The molecular formula is C11H18O5. The lowest BCUT2D eigenvalue weighted by molar-refractivity contribution is -0.133. The van der Waals surface area contributed by atoms with Crippen molar-refractivity contribution in [3.8, 4) is 0 Å². The van der Waals surface area contributed by atoms with E-state index in [1.54, 1.807) is 6.92 Å². The van der Waals surface area contributed by atoms with Gasteiger partial charge < -0.3 is 15.3 Å². The van der Waals surface area contributed by atoms with Gasteiger partial charge in [-0.3, -0.25) is 0 Å². The van der Waals surface area contributed by atoms with E-state index < -0.39 is 11.9 Å². The van der Waals surface area contributed by atoms with Crippen LogP contribution in [0, 0.1) is 0 Å². The van der Waals surface area contributed by atoms with Gasteiger partial charge >= 0.3 is 11.9 Å². The lowest BCUT2D eigenvalue weighted by atomic mass is 10.2. The predicted octanol–water partition coefficient (Wildman–Crippen LogP) is 1.44. The average molecular weight is 230 g/mol. The molecule has 0 aromatic heterocycles. The number of carboxylic acids is 2. The van der Waals surface area contributed by atoms with E-state index in [2.05, 4.69) is 13.2 Å². The maximum Gasteiger partial charge on any atom is 0.330 e. The van der Waals surface area contributed by atoms with Gasteiger partial charge in [-0.15, -0.1) is 0 Å². The second-order valence-electron chi connectivity index (χ2n) is 3.00. The van der Waals surface area contributed by atoms with Crippen LogP contribution in [0.5, 0.6) is 0 Å². The molecule has 92 valence electrons. The molecule has 0 saturated heterocycles. The Bertz CT molecular complexity index is 268. The van der Waals surface area contributed by atoms with Crippen LogP contribution < -0.4 is 0 Å². The molecule has 0 radical (unpaired) electrons. The minimum absolute atomic E-state index is 0.0201. The molecule has 5 nitrogen and oxygen atoms in total. The fraction of sp³-hybridized carbons (Fsp3) is 0.455. The molecule has 0 amide bonds. The summed E-state index contributed by atoms with van der Waals surface area (Å²) in [6.07, 6.45) is 1.37. The molecule has 0 spiro atoms. The van der Waals surface area contributed by atoms with Crippen LogP contribution in [-0.2, 0) is 9.59 Å². The quantitative estimate of drug-likeness (QED) is 0.600. The zero-order chi connectivity index (χ0) is 13.1. The SMILES string of the molecule is C=C(CC)C(=O)O.C=C(CCCO)C(=O)O. The number of carboxylic acid groups (broad SMARTS) is 2. The molecule has 16 heavy (non-hydrogen) atoms. The number of hydrogen-bond donors (Lipinski definition) is 3. The highest BCUT2D eigenvalue weighted by atomic mass is 16.4. The van der Waals surface area contributed by atoms with Crippen molar-refractivity contribution in [2.45, 2.75) is 26.2 Å². The van der Waals surface area contributed by atoms with Crippen molar-refractivity contribution < 1.29 is 24.9 Å². The van der Waals surface area contributed by atoms with Crippen molar-refractivity contribution in [3.63, 3.8) is 0 Å². The van der Waals surface area contributed by atoms with Gasteiger partial charge in [0.25, 0.3) is 0 Å². The first-order valence-corrected chi connectivity index (χ1v) is 4.79. The third-order valence-electron chi connectivity index (χ3n) is 1.67. The predicted molar refractivity (Wildman–Crippen MR) is 60.2 cm³/mol. The third-order valence-corrected chi connectivity index (χ3v) is 1.67. The number of carbonyl (C=O) groups is 2. The molecule has 0 aliphatic heterocycles. The first-order chi connectivity index (χ1) is 7.36. The van der Waals surface area contributed by atoms with Crippen LogP contribution in [-0.4, -0.2) is 33.9 Å². The Balaban J connectivity index is 0. The number of aliphatic hydroxyl groups is 1. The average Bonchev–Trinajstić information content (AvgIpc) is 2.25. The molecule has 3 N–H and O–H groups in total. The Morgan fingerprint density at radius 3 is 1.69 bits per heavy atom. The van der Waals surface area contributed by atoms with Crippen molar-refractivity contribution >= 4 is 11.9 Å². The number of hydrogen-bond acceptors (Lipinski definition) is 3. The minimum Gasteiger partial charge on any atom is -0.478 e. The highest BCUT2D eigenvalue weighted by Crippen LogP contribution is 2.00. The van der Waals surface area contributed by atoms with Gasteiger partial charge in [0, 0.05) is 17.8 Å². The van der Waals surface area contributed by atoms with Crippen LogP contribution >= 0.6 is 0 Å². The molecule has 0 heterocycles. The number of aliphatic hydroxyl groups excluding tert-OH is 1. The standard InChI is InChI=1S/C6H10O3.C5H8O2/c1-5(6(8)9)3-2-4-7;1-3-4(2)5(6)7/h7H,1-4H2,(H,8,9);2-3H2,1H3,(H,6,7). The van der Waals surface area contributed by atoms with E-state index in [1.165, 1.54) is 0 Å². The van der Waals surface area contributed by atoms with E-state index in [0.717, 1.165) is 0 Å². The zero-order valence-electron chi connectivity index (χ0n) is 9.40. The van der Waals surface area contributed by atoms with Crippen LogP contribution in [0.3, 0.4) is 0 Å². The van der Waals surface area contributed by atoms with Crippen LogP contribution in [0.15, 0.2) is 24.3 Å². The summed E-state index contributed by atoms with van der Waals surface area (Å²) in [7, 11) is 0. The lowest BCUT2D eigenvalue weighted by Crippen LogP contribution is -1.99. The second-order valence-corrected chi connectivity index (χ2v) is 3.00. The second kappa shape index (κ2) is 9.92. The van der Waals surface area contributed by atoms with Gasteiger partial charge in [0.05, 0.1) is 0 Å². The lowest BCUT2D eigenvalue weighted by Gasteiger charge is -1.94. The molecule has 0 rings (SSSR count). The highest BCUT2D eigenvalue weighted by Gasteiger charge is 2.01. The summed E-state index contributed by atoms with van der Waals surface area (Å²) < 4.78 is 0. The molecule has 0 aliphatic carbocycles. The van der Waals surface area contributed by atoms with Crippen LogP contribution in [0.25, 0.3) is 0 Å². The van der Waals surface area contributed by atoms with Crippen LogP contribution in [0.4, 0.5) is 0 Å². The maximum absolute atomic E-state index is 10.0. The molecule has 0 aromatic rings. The van der Waals surface area contributed by atoms with Gasteiger partial charge in [-0.05, 0) is 19.3 Å². The van der Waals surface area contributed by atoms with Gasteiger partial charge in [-0.25, -0.2) is 9.59 Å². The first kappa shape index (κ1) is 16.8. The van der Waals surface area contributed by atoms with Crippen molar-refractivity contribution in [3.05, 3.63) is 24.3 Å². The van der Waals surface area contributed by atoms with E-state index in [9.17, 15) is 9.59 Å². The molecule has 0 aliphatic rings. The summed E-state index contributed by atoms with van der Waals surface area (Å²) in [6.45, 7) is 8.33. The van der Waals surface area contributed by atoms with Gasteiger partial charge in [0.2, 0.25) is 0 Å². The normalized spacial score (nSPS) is 8.62. The molecule has 0 fully saturated rings. The Morgan fingerprint density at radius 2 is 1.50 bits per heavy atom. The van der Waals surface area contributed by atoms with E-state index in [0.29, 0.717) is 19.3 Å². The summed E-state index contributed by atoms with van der Waals surface area (Å²) in [5.74, 6) is -1.88. The molecule has 0 bridgehead atoms. The number of aliphatic carboxylic acids is 2. The Morgan fingerprint density at radius 1 is 1.06 bits per heavy atom. The Labute approximate surface area is 94.7 Å².